The Labute approximate surface area is 122 Å². The minimum Gasteiger partial charge on any atom is -0.374 e. The van der Waals surface area contributed by atoms with Gasteiger partial charge in [-0.3, -0.25) is 4.68 Å². The van der Waals surface area contributed by atoms with Crippen LogP contribution in [0.25, 0.3) is 0 Å². The molecule has 0 saturated heterocycles. The van der Waals surface area contributed by atoms with Crippen LogP contribution in [0.2, 0.25) is 0 Å². The summed E-state index contributed by atoms with van der Waals surface area (Å²) in [4.78, 5) is 0. The summed E-state index contributed by atoms with van der Waals surface area (Å²) in [5.74, 6) is 0.703. The molecule has 3 atom stereocenters. The Kier molecular flexibility index (Phi) is 4.86. The lowest BCUT2D eigenvalue weighted by molar-refractivity contribution is -0.0927. The molecule has 3 unspecified atom stereocenters. The summed E-state index contributed by atoms with van der Waals surface area (Å²) in [6.45, 7) is 7.15. The van der Waals surface area contributed by atoms with Gasteiger partial charge in [0.15, 0.2) is 0 Å². The number of rotatable bonds is 5. The quantitative estimate of drug-likeness (QED) is 0.901. The van der Waals surface area contributed by atoms with Gasteiger partial charge in [0.05, 0.1) is 11.3 Å². The zero-order chi connectivity index (χ0) is 14.8. The maximum atomic E-state index is 6.58. The van der Waals surface area contributed by atoms with Crippen LogP contribution in [0.3, 0.4) is 0 Å². The van der Waals surface area contributed by atoms with E-state index < -0.39 is 0 Å². The van der Waals surface area contributed by atoms with Gasteiger partial charge in [0.1, 0.15) is 0 Å². The molecule has 0 bridgehead atoms. The second-order valence-corrected chi connectivity index (χ2v) is 6.41. The predicted molar refractivity (Wildman–Crippen MR) is 81.6 cm³/mol. The minimum atomic E-state index is -0.148. The molecule has 0 aromatic carbocycles. The summed E-state index contributed by atoms with van der Waals surface area (Å²) in [7, 11) is 1.99. The highest BCUT2D eigenvalue weighted by molar-refractivity contribution is 5.12. The third-order valence-corrected chi connectivity index (χ3v) is 4.63. The van der Waals surface area contributed by atoms with Crippen LogP contribution in [0, 0.1) is 12.8 Å². The van der Waals surface area contributed by atoms with Gasteiger partial charge in [-0.1, -0.05) is 19.8 Å². The van der Waals surface area contributed by atoms with Gasteiger partial charge < -0.3 is 10.5 Å². The van der Waals surface area contributed by atoms with E-state index in [9.17, 15) is 0 Å². The van der Waals surface area contributed by atoms with Crippen molar-refractivity contribution in [1.29, 1.82) is 0 Å². The molecule has 2 rings (SSSR count). The standard InChI is InChI=1S/C16H29N3O/c1-5-20-16(8-6-7-12(2)11-16)15(17)10-14-9-13(3)18-19(14)4/h9,12,15H,5-8,10-11,17H2,1-4H3. The van der Waals surface area contributed by atoms with Crippen molar-refractivity contribution in [2.75, 3.05) is 6.61 Å². The minimum absolute atomic E-state index is 0.0417. The molecule has 1 heterocycles. The van der Waals surface area contributed by atoms with Crippen molar-refractivity contribution in [1.82, 2.24) is 9.78 Å². The van der Waals surface area contributed by atoms with Crippen LogP contribution in [-0.4, -0.2) is 28.0 Å². The Bertz CT molecular complexity index is 439. The van der Waals surface area contributed by atoms with Crippen molar-refractivity contribution in [3.05, 3.63) is 17.5 Å². The van der Waals surface area contributed by atoms with Gasteiger partial charge in [0.25, 0.3) is 0 Å². The van der Waals surface area contributed by atoms with E-state index in [1.165, 1.54) is 18.5 Å². The maximum absolute atomic E-state index is 6.58. The monoisotopic (exact) mass is 279 g/mol. The molecule has 0 aliphatic heterocycles. The SMILES string of the molecule is CCOC1(C(N)Cc2cc(C)nn2C)CCCC(C)C1. The average Bonchev–Trinajstić information content (AvgIpc) is 2.68. The van der Waals surface area contributed by atoms with E-state index in [1.54, 1.807) is 0 Å². The second-order valence-electron chi connectivity index (χ2n) is 6.41. The van der Waals surface area contributed by atoms with E-state index in [1.807, 2.05) is 18.7 Å². The zero-order valence-corrected chi connectivity index (χ0v) is 13.4. The Morgan fingerprint density at radius 1 is 1.60 bits per heavy atom. The van der Waals surface area contributed by atoms with Crippen molar-refractivity contribution in [3.63, 3.8) is 0 Å². The fraction of sp³-hybridized carbons (Fsp3) is 0.812. The summed E-state index contributed by atoms with van der Waals surface area (Å²) >= 11 is 0. The maximum Gasteiger partial charge on any atom is 0.0838 e. The second kappa shape index (κ2) is 6.27. The molecule has 1 fully saturated rings. The molecule has 1 aliphatic rings. The molecule has 0 radical (unpaired) electrons. The van der Waals surface area contributed by atoms with Gasteiger partial charge in [-0.25, -0.2) is 0 Å². The van der Waals surface area contributed by atoms with Crippen LogP contribution in [0.15, 0.2) is 6.07 Å². The van der Waals surface area contributed by atoms with Gasteiger partial charge >= 0.3 is 0 Å². The molecule has 114 valence electrons. The average molecular weight is 279 g/mol. The highest BCUT2D eigenvalue weighted by Crippen LogP contribution is 2.38. The highest BCUT2D eigenvalue weighted by Gasteiger charge is 2.41. The molecule has 4 heteroatoms. The molecule has 20 heavy (non-hydrogen) atoms. The van der Waals surface area contributed by atoms with E-state index in [-0.39, 0.29) is 11.6 Å². The summed E-state index contributed by atoms with van der Waals surface area (Å²) in [6.07, 6.45) is 5.53. The van der Waals surface area contributed by atoms with Crippen molar-refractivity contribution in [3.8, 4) is 0 Å². The lowest BCUT2D eigenvalue weighted by Crippen LogP contribution is -2.54. The van der Waals surface area contributed by atoms with Crippen molar-refractivity contribution >= 4 is 0 Å². The third-order valence-electron chi connectivity index (χ3n) is 4.63. The molecule has 0 amide bonds. The molecular weight excluding hydrogens is 250 g/mol. The van der Waals surface area contributed by atoms with Crippen LogP contribution < -0.4 is 5.73 Å². The Morgan fingerprint density at radius 2 is 2.35 bits per heavy atom. The van der Waals surface area contributed by atoms with Gasteiger partial charge in [-0.05, 0) is 38.7 Å². The summed E-state index contributed by atoms with van der Waals surface area (Å²) < 4.78 is 8.11. The van der Waals surface area contributed by atoms with E-state index in [0.29, 0.717) is 5.92 Å². The van der Waals surface area contributed by atoms with E-state index in [0.717, 1.165) is 31.6 Å². The first kappa shape index (κ1) is 15.5. The normalized spacial score (nSPS) is 28.6. The molecule has 1 aromatic rings. The topological polar surface area (TPSA) is 53.1 Å². The van der Waals surface area contributed by atoms with Gasteiger partial charge in [-0.15, -0.1) is 0 Å². The highest BCUT2D eigenvalue weighted by atomic mass is 16.5. The first-order valence-corrected chi connectivity index (χ1v) is 7.86. The molecule has 1 saturated carbocycles. The fourth-order valence-corrected chi connectivity index (χ4v) is 3.67. The lowest BCUT2D eigenvalue weighted by atomic mass is 9.73. The number of hydrogen-bond donors (Lipinski definition) is 1. The van der Waals surface area contributed by atoms with E-state index >= 15 is 0 Å². The number of aromatic nitrogens is 2. The van der Waals surface area contributed by atoms with Gasteiger partial charge in [0.2, 0.25) is 0 Å². The summed E-state index contributed by atoms with van der Waals surface area (Å²) in [5.41, 5.74) is 8.68. The van der Waals surface area contributed by atoms with Crippen LogP contribution >= 0.6 is 0 Å². The van der Waals surface area contributed by atoms with Gasteiger partial charge in [0, 0.05) is 31.8 Å². The van der Waals surface area contributed by atoms with Crippen LogP contribution in [0.4, 0.5) is 0 Å². The van der Waals surface area contributed by atoms with Crippen molar-refractivity contribution in [2.24, 2.45) is 18.7 Å². The molecular formula is C16H29N3O. The van der Waals surface area contributed by atoms with Crippen molar-refractivity contribution in [2.45, 2.75) is 64.5 Å². The van der Waals surface area contributed by atoms with Gasteiger partial charge in [-0.2, -0.15) is 5.10 Å². The molecule has 2 N–H and O–H groups in total. The number of aryl methyl sites for hydroxylation is 2. The smallest absolute Gasteiger partial charge is 0.0838 e. The summed E-state index contributed by atoms with van der Waals surface area (Å²) in [6, 6.07) is 2.17. The summed E-state index contributed by atoms with van der Waals surface area (Å²) in [5, 5.41) is 4.41. The number of ether oxygens (including phenoxy) is 1. The molecule has 1 aromatic heterocycles. The Balaban J connectivity index is 2.14. The van der Waals surface area contributed by atoms with E-state index in [2.05, 4.69) is 25.0 Å². The largest absolute Gasteiger partial charge is 0.374 e. The third kappa shape index (κ3) is 3.23. The van der Waals surface area contributed by atoms with Crippen molar-refractivity contribution < 1.29 is 4.74 Å². The molecule has 4 nitrogen and oxygen atoms in total. The number of nitrogens with zero attached hydrogens (tertiary/aromatic N) is 2. The van der Waals surface area contributed by atoms with Crippen LogP contribution in [0.1, 0.15) is 50.9 Å². The first-order valence-electron chi connectivity index (χ1n) is 7.86. The lowest BCUT2D eigenvalue weighted by Gasteiger charge is -2.44. The van der Waals surface area contributed by atoms with Crippen LogP contribution in [0.5, 0.6) is 0 Å². The van der Waals surface area contributed by atoms with E-state index in [4.69, 9.17) is 10.5 Å². The number of nitrogens with two attached hydrogens (primary N) is 1. The molecule has 0 spiro atoms. The number of hydrogen-bond acceptors (Lipinski definition) is 3. The molecule has 1 aliphatic carbocycles. The Morgan fingerprint density at radius 3 is 2.90 bits per heavy atom. The fourth-order valence-electron chi connectivity index (χ4n) is 3.67. The first-order chi connectivity index (χ1) is 9.47. The zero-order valence-electron chi connectivity index (χ0n) is 13.4. The predicted octanol–water partition coefficient (Wildman–Crippen LogP) is 2.58. The van der Waals surface area contributed by atoms with Crippen LogP contribution in [-0.2, 0) is 18.2 Å². The Hall–Kier alpha value is -0.870.